The van der Waals surface area contributed by atoms with Crippen molar-refractivity contribution in [3.8, 4) is 0 Å². The van der Waals surface area contributed by atoms with Gasteiger partial charge in [-0.1, -0.05) is 6.42 Å². The number of rotatable bonds is 4. The van der Waals surface area contributed by atoms with Crippen LogP contribution in [0.25, 0.3) is 0 Å². The molecule has 0 aromatic heterocycles. The molecule has 1 aromatic rings. The van der Waals surface area contributed by atoms with E-state index in [0.717, 1.165) is 19.3 Å². The van der Waals surface area contributed by atoms with Gasteiger partial charge in [0.05, 0.1) is 11.4 Å². The number of carbonyl (C=O) groups excluding carboxylic acids is 1. The van der Waals surface area contributed by atoms with Crippen molar-refractivity contribution in [3.63, 3.8) is 0 Å². The molecular weight excluding hydrogens is 350 g/mol. The van der Waals surface area contributed by atoms with Gasteiger partial charge in [-0.2, -0.15) is 0 Å². The van der Waals surface area contributed by atoms with Gasteiger partial charge in [-0.25, -0.2) is 8.42 Å². The van der Waals surface area contributed by atoms with Crippen LogP contribution in [0.3, 0.4) is 0 Å². The molecule has 24 heavy (non-hydrogen) atoms. The van der Waals surface area contributed by atoms with Crippen LogP contribution in [-0.4, -0.2) is 33.2 Å². The zero-order chi connectivity index (χ0) is 16.4. The number of anilines is 2. The molecule has 1 saturated heterocycles. The summed E-state index contributed by atoms with van der Waals surface area (Å²) < 4.78 is 25.3. The first-order valence-electron chi connectivity index (χ1n) is 8.12. The molecule has 134 valence electrons. The number of halogens is 1. The van der Waals surface area contributed by atoms with E-state index < -0.39 is 10.0 Å². The van der Waals surface area contributed by atoms with Crippen molar-refractivity contribution in [2.75, 3.05) is 28.5 Å². The summed E-state index contributed by atoms with van der Waals surface area (Å²) in [7, 11) is -3.17. The van der Waals surface area contributed by atoms with E-state index in [1.165, 1.54) is 4.31 Å². The highest BCUT2D eigenvalue weighted by atomic mass is 35.5. The van der Waals surface area contributed by atoms with Gasteiger partial charge in [0.1, 0.15) is 0 Å². The number of hydrogen-bond donors (Lipinski definition) is 2. The Morgan fingerprint density at radius 2 is 1.92 bits per heavy atom. The molecule has 1 aromatic carbocycles. The van der Waals surface area contributed by atoms with E-state index >= 15 is 0 Å². The average Bonchev–Trinajstić information content (AvgIpc) is 3.13. The number of nitrogens with two attached hydrogens (primary N) is 1. The summed E-state index contributed by atoms with van der Waals surface area (Å²) in [6, 6.07) is 7.00. The highest BCUT2D eigenvalue weighted by Crippen LogP contribution is 2.32. The van der Waals surface area contributed by atoms with E-state index in [-0.39, 0.29) is 35.9 Å². The molecule has 0 spiro atoms. The Kier molecular flexibility index (Phi) is 6.11. The number of nitrogens with one attached hydrogen (secondary N) is 1. The Bertz CT molecular complexity index is 678. The van der Waals surface area contributed by atoms with Gasteiger partial charge in [0.2, 0.25) is 15.9 Å². The normalized spacial score (nSPS) is 25.3. The summed E-state index contributed by atoms with van der Waals surface area (Å²) in [6.07, 6.45) is 3.60. The fourth-order valence-electron chi connectivity index (χ4n) is 3.54. The van der Waals surface area contributed by atoms with E-state index in [0.29, 0.717) is 30.9 Å². The van der Waals surface area contributed by atoms with Gasteiger partial charge < -0.3 is 11.1 Å². The van der Waals surface area contributed by atoms with E-state index in [1.807, 2.05) is 0 Å². The molecule has 0 radical (unpaired) electrons. The predicted octanol–water partition coefficient (Wildman–Crippen LogP) is 1.96. The van der Waals surface area contributed by atoms with Gasteiger partial charge in [0.25, 0.3) is 0 Å². The summed E-state index contributed by atoms with van der Waals surface area (Å²) >= 11 is 0. The average molecular weight is 374 g/mol. The maximum atomic E-state index is 12.4. The molecule has 1 aliphatic carbocycles. The molecule has 1 heterocycles. The first-order chi connectivity index (χ1) is 11.0. The van der Waals surface area contributed by atoms with E-state index in [4.69, 9.17) is 5.73 Å². The molecule has 0 unspecified atom stereocenters. The quantitative estimate of drug-likeness (QED) is 0.843. The van der Waals surface area contributed by atoms with Crippen LogP contribution in [-0.2, 0) is 14.8 Å². The SMILES string of the molecule is Cl.NC[C@H]1CCC[C@H]1C(=O)Nc1ccc(N2CCCS2(=O)=O)cc1. The number of nitrogens with zero attached hydrogens (tertiary/aromatic N) is 1. The van der Waals surface area contributed by atoms with Crippen molar-refractivity contribution in [3.05, 3.63) is 24.3 Å². The van der Waals surface area contributed by atoms with Crippen LogP contribution < -0.4 is 15.4 Å². The largest absolute Gasteiger partial charge is 0.330 e. The third-order valence-electron chi connectivity index (χ3n) is 4.82. The van der Waals surface area contributed by atoms with Crippen LogP contribution in [0.5, 0.6) is 0 Å². The number of benzene rings is 1. The van der Waals surface area contributed by atoms with Crippen LogP contribution in [0.2, 0.25) is 0 Å². The minimum absolute atomic E-state index is 0. The molecule has 1 amide bonds. The van der Waals surface area contributed by atoms with Gasteiger partial charge in [0.15, 0.2) is 0 Å². The fourth-order valence-corrected chi connectivity index (χ4v) is 5.10. The second-order valence-corrected chi connectivity index (χ2v) is 8.32. The monoisotopic (exact) mass is 373 g/mol. The Hall–Kier alpha value is -1.31. The maximum Gasteiger partial charge on any atom is 0.235 e. The zero-order valence-electron chi connectivity index (χ0n) is 13.5. The second kappa shape index (κ2) is 7.72. The van der Waals surface area contributed by atoms with Gasteiger partial charge in [-0.3, -0.25) is 9.10 Å². The summed E-state index contributed by atoms with van der Waals surface area (Å²) in [5.41, 5.74) is 7.07. The van der Waals surface area contributed by atoms with Crippen LogP contribution in [0.1, 0.15) is 25.7 Å². The summed E-state index contributed by atoms with van der Waals surface area (Å²) in [4.78, 5) is 12.4. The van der Waals surface area contributed by atoms with Crippen LogP contribution in [0.4, 0.5) is 11.4 Å². The Labute approximate surface area is 149 Å². The molecule has 6 nitrogen and oxygen atoms in total. The molecule has 8 heteroatoms. The third-order valence-corrected chi connectivity index (χ3v) is 6.69. The molecule has 1 saturated carbocycles. The maximum absolute atomic E-state index is 12.4. The first kappa shape index (κ1) is 19.0. The van der Waals surface area contributed by atoms with Crippen molar-refractivity contribution < 1.29 is 13.2 Å². The van der Waals surface area contributed by atoms with Gasteiger partial charge in [0, 0.05) is 18.2 Å². The molecular formula is C16H24ClN3O3S. The lowest BCUT2D eigenvalue weighted by molar-refractivity contribution is -0.120. The van der Waals surface area contributed by atoms with Crippen molar-refractivity contribution in [1.29, 1.82) is 0 Å². The van der Waals surface area contributed by atoms with Gasteiger partial charge in [-0.05, 0) is 56.0 Å². The number of carbonyl (C=O) groups is 1. The third kappa shape index (κ3) is 3.84. The topological polar surface area (TPSA) is 92.5 Å². The molecule has 2 aliphatic rings. The van der Waals surface area contributed by atoms with Gasteiger partial charge >= 0.3 is 0 Å². The van der Waals surface area contributed by atoms with Crippen LogP contribution >= 0.6 is 12.4 Å². The van der Waals surface area contributed by atoms with Crippen molar-refractivity contribution in [2.24, 2.45) is 17.6 Å². The number of sulfonamides is 1. The number of hydrogen-bond acceptors (Lipinski definition) is 4. The van der Waals surface area contributed by atoms with E-state index in [9.17, 15) is 13.2 Å². The van der Waals surface area contributed by atoms with Crippen LogP contribution in [0.15, 0.2) is 24.3 Å². The Morgan fingerprint density at radius 1 is 1.21 bits per heavy atom. The Morgan fingerprint density at radius 3 is 2.50 bits per heavy atom. The minimum atomic E-state index is -3.17. The lowest BCUT2D eigenvalue weighted by Crippen LogP contribution is -2.29. The van der Waals surface area contributed by atoms with E-state index in [2.05, 4.69) is 5.32 Å². The minimum Gasteiger partial charge on any atom is -0.330 e. The molecule has 1 aliphatic heterocycles. The first-order valence-corrected chi connectivity index (χ1v) is 9.73. The van der Waals surface area contributed by atoms with Crippen molar-refractivity contribution >= 4 is 39.7 Å². The zero-order valence-corrected chi connectivity index (χ0v) is 15.1. The molecule has 3 rings (SSSR count). The summed E-state index contributed by atoms with van der Waals surface area (Å²) in [6.45, 7) is 1.07. The Balaban J connectivity index is 0.00000208. The molecule has 0 bridgehead atoms. The van der Waals surface area contributed by atoms with Gasteiger partial charge in [-0.15, -0.1) is 12.4 Å². The van der Waals surface area contributed by atoms with E-state index in [1.54, 1.807) is 24.3 Å². The fraction of sp³-hybridized carbons (Fsp3) is 0.562. The second-order valence-electron chi connectivity index (χ2n) is 6.31. The number of amides is 1. The molecule has 2 fully saturated rings. The lowest BCUT2D eigenvalue weighted by Gasteiger charge is -2.19. The lowest BCUT2D eigenvalue weighted by atomic mass is 9.95. The summed E-state index contributed by atoms with van der Waals surface area (Å²) in [5.74, 6) is 0.468. The standard InChI is InChI=1S/C16H23N3O3S.ClH/c17-11-12-3-1-4-15(12)16(20)18-13-5-7-14(8-6-13)19-9-2-10-23(19,21)22;/h5-8,12,15H,1-4,9-11,17H2,(H,18,20);1H/t12-,15-;/m1./s1. The summed E-state index contributed by atoms with van der Waals surface area (Å²) in [5, 5.41) is 2.92. The molecule has 3 N–H and O–H groups in total. The highest BCUT2D eigenvalue weighted by Gasteiger charge is 2.32. The smallest absolute Gasteiger partial charge is 0.235 e. The van der Waals surface area contributed by atoms with Crippen LogP contribution in [0, 0.1) is 11.8 Å². The predicted molar refractivity (Wildman–Crippen MR) is 98.0 cm³/mol. The highest BCUT2D eigenvalue weighted by molar-refractivity contribution is 7.93. The van der Waals surface area contributed by atoms with Crippen molar-refractivity contribution in [2.45, 2.75) is 25.7 Å². The van der Waals surface area contributed by atoms with Crippen molar-refractivity contribution in [1.82, 2.24) is 0 Å². The molecule has 2 atom stereocenters.